The molecule has 3 heteroatoms. The molecule has 0 unspecified atom stereocenters. The smallest absolute Gasteiger partial charge is 0.00681 e. The normalized spacial score (nSPS) is 27.9. The van der Waals surface area contributed by atoms with Gasteiger partial charge in [-0.3, -0.25) is 0 Å². The van der Waals surface area contributed by atoms with Crippen LogP contribution in [0.2, 0.25) is 0 Å². The Morgan fingerprint density at radius 2 is 1.93 bits per heavy atom. The van der Waals surface area contributed by atoms with E-state index in [4.69, 9.17) is 0 Å². The molecule has 0 spiro atoms. The van der Waals surface area contributed by atoms with Gasteiger partial charge in [0.15, 0.2) is 0 Å². The first-order valence-electron chi connectivity index (χ1n) is 5.70. The molecule has 1 fully saturated rings. The van der Waals surface area contributed by atoms with Crippen molar-refractivity contribution in [2.75, 3.05) is 24.3 Å². The summed E-state index contributed by atoms with van der Waals surface area (Å²) in [5.74, 6) is 2.53. The van der Waals surface area contributed by atoms with Gasteiger partial charge in [0.1, 0.15) is 0 Å². The monoisotopic (exact) mass is 233 g/mol. The van der Waals surface area contributed by atoms with Crippen molar-refractivity contribution in [1.29, 1.82) is 0 Å². The van der Waals surface area contributed by atoms with Crippen molar-refractivity contribution in [2.45, 2.75) is 43.9 Å². The second kappa shape index (κ2) is 7.89. The highest BCUT2D eigenvalue weighted by Gasteiger charge is 2.19. The van der Waals surface area contributed by atoms with Crippen molar-refractivity contribution in [3.8, 4) is 0 Å². The molecule has 0 aromatic rings. The van der Waals surface area contributed by atoms with Gasteiger partial charge in [-0.2, -0.15) is 23.5 Å². The van der Waals surface area contributed by atoms with E-state index in [1.165, 1.54) is 43.7 Å². The van der Waals surface area contributed by atoms with Crippen molar-refractivity contribution in [2.24, 2.45) is 0 Å². The van der Waals surface area contributed by atoms with Crippen LogP contribution in [0.4, 0.5) is 0 Å². The maximum Gasteiger partial charge on any atom is 0.00681 e. The molecule has 0 atom stereocenters. The second-order valence-electron chi connectivity index (χ2n) is 3.86. The van der Waals surface area contributed by atoms with E-state index in [-0.39, 0.29) is 0 Å². The third kappa shape index (κ3) is 4.94. The number of nitrogens with one attached hydrogen (secondary N) is 1. The molecule has 0 saturated heterocycles. The Bertz CT molecular complexity index is 133. The van der Waals surface area contributed by atoms with E-state index >= 15 is 0 Å². The summed E-state index contributed by atoms with van der Waals surface area (Å²) in [5, 5.41) is 4.61. The average molecular weight is 233 g/mol. The lowest BCUT2D eigenvalue weighted by molar-refractivity contribution is 0.388. The fraction of sp³-hybridized carbons (Fsp3) is 1.00. The minimum absolute atomic E-state index is 0.816. The molecule has 1 aliphatic rings. The third-order valence-corrected chi connectivity index (χ3v) is 4.93. The predicted molar refractivity (Wildman–Crippen MR) is 70.6 cm³/mol. The summed E-state index contributed by atoms with van der Waals surface area (Å²) in [6, 6.07) is 0.816. The Balaban J connectivity index is 1.98. The summed E-state index contributed by atoms with van der Waals surface area (Å²) >= 11 is 4.08. The molecule has 0 heterocycles. The summed E-state index contributed by atoms with van der Waals surface area (Å²) < 4.78 is 0. The van der Waals surface area contributed by atoms with Gasteiger partial charge in [0.05, 0.1) is 0 Å². The third-order valence-electron chi connectivity index (χ3n) is 2.89. The minimum atomic E-state index is 0.816. The van der Waals surface area contributed by atoms with Crippen LogP contribution in [0.25, 0.3) is 0 Å². The summed E-state index contributed by atoms with van der Waals surface area (Å²) in [6.07, 6.45) is 7.86. The number of thioether (sulfide) groups is 2. The molecule has 14 heavy (non-hydrogen) atoms. The highest BCUT2D eigenvalue weighted by Crippen LogP contribution is 2.26. The molecule has 0 aliphatic heterocycles. The lowest BCUT2D eigenvalue weighted by Gasteiger charge is -2.28. The van der Waals surface area contributed by atoms with Gasteiger partial charge in [0.2, 0.25) is 0 Å². The molecule has 0 aromatic carbocycles. The van der Waals surface area contributed by atoms with E-state index in [0.29, 0.717) is 0 Å². The lowest BCUT2D eigenvalue weighted by Crippen LogP contribution is -2.35. The minimum Gasteiger partial charge on any atom is -0.313 e. The van der Waals surface area contributed by atoms with Gasteiger partial charge in [0, 0.05) is 23.6 Å². The molecular formula is C11H23NS2. The maximum atomic E-state index is 3.67. The second-order valence-corrected chi connectivity index (χ2v) is 6.39. The molecule has 1 nitrogen and oxygen atoms in total. The van der Waals surface area contributed by atoms with Crippen molar-refractivity contribution in [3.05, 3.63) is 0 Å². The first kappa shape index (κ1) is 12.7. The highest BCUT2D eigenvalue weighted by atomic mass is 32.2. The molecule has 84 valence electrons. The Hall–Kier alpha value is 0.660. The zero-order chi connectivity index (χ0) is 10.2. The van der Waals surface area contributed by atoms with Gasteiger partial charge in [-0.1, -0.05) is 6.92 Å². The first-order chi connectivity index (χ1) is 6.86. The van der Waals surface area contributed by atoms with E-state index in [1.54, 1.807) is 0 Å². The largest absolute Gasteiger partial charge is 0.313 e. The standard InChI is InChI=1S/C11H23NS2/c1-3-14-9-8-12-10-4-6-11(13-2)7-5-10/h10-12H,3-9H2,1-2H3. The van der Waals surface area contributed by atoms with Crippen LogP contribution >= 0.6 is 23.5 Å². The SMILES string of the molecule is CCSCCNC1CCC(SC)CC1. The summed E-state index contributed by atoms with van der Waals surface area (Å²) in [4.78, 5) is 0. The molecule has 1 aliphatic carbocycles. The average Bonchev–Trinajstić information content (AvgIpc) is 2.25. The van der Waals surface area contributed by atoms with E-state index in [1.807, 2.05) is 23.5 Å². The molecule has 1 N–H and O–H groups in total. The van der Waals surface area contributed by atoms with Crippen LogP contribution in [0.5, 0.6) is 0 Å². The Kier molecular flexibility index (Phi) is 7.17. The van der Waals surface area contributed by atoms with Gasteiger partial charge in [-0.05, 0) is 37.7 Å². The van der Waals surface area contributed by atoms with E-state index < -0.39 is 0 Å². The Labute approximate surface area is 97.2 Å². The number of hydrogen-bond acceptors (Lipinski definition) is 3. The Morgan fingerprint density at radius 1 is 1.21 bits per heavy atom. The van der Waals surface area contributed by atoms with Crippen LogP contribution < -0.4 is 5.32 Å². The van der Waals surface area contributed by atoms with Gasteiger partial charge >= 0.3 is 0 Å². The number of hydrogen-bond donors (Lipinski definition) is 1. The predicted octanol–water partition coefficient (Wildman–Crippen LogP) is 3.00. The molecular weight excluding hydrogens is 210 g/mol. The summed E-state index contributed by atoms with van der Waals surface area (Å²) in [5.41, 5.74) is 0. The zero-order valence-electron chi connectivity index (χ0n) is 9.42. The van der Waals surface area contributed by atoms with Crippen molar-refractivity contribution in [3.63, 3.8) is 0 Å². The van der Waals surface area contributed by atoms with E-state index in [2.05, 4.69) is 18.5 Å². The van der Waals surface area contributed by atoms with Gasteiger partial charge < -0.3 is 5.32 Å². The van der Waals surface area contributed by atoms with Gasteiger partial charge in [-0.15, -0.1) is 0 Å². The molecule has 0 amide bonds. The molecule has 0 bridgehead atoms. The summed E-state index contributed by atoms with van der Waals surface area (Å²) in [7, 11) is 0. The quantitative estimate of drug-likeness (QED) is 0.708. The highest BCUT2D eigenvalue weighted by molar-refractivity contribution is 7.99. The number of rotatable bonds is 6. The van der Waals surface area contributed by atoms with Crippen molar-refractivity contribution < 1.29 is 0 Å². The fourth-order valence-corrected chi connectivity index (χ4v) is 3.28. The molecule has 1 saturated carbocycles. The van der Waals surface area contributed by atoms with Crippen molar-refractivity contribution >= 4 is 23.5 Å². The molecule has 0 radical (unpaired) electrons. The summed E-state index contributed by atoms with van der Waals surface area (Å²) in [6.45, 7) is 3.43. The zero-order valence-corrected chi connectivity index (χ0v) is 11.1. The van der Waals surface area contributed by atoms with Crippen LogP contribution in [0.15, 0.2) is 0 Å². The van der Waals surface area contributed by atoms with Crippen LogP contribution in [0.1, 0.15) is 32.6 Å². The van der Waals surface area contributed by atoms with Gasteiger partial charge in [0.25, 0.3) is 0 Å². The first-order valence-corrected chi connectivity index (χ1v) is 8.15. The van der Waals surface area contributed by atoms with Crippen LogP contribution in [0.3, 0.4) is 0 Å². The molecule has 1 rings (SSSR count). The van der Waals surface area contributed by atoms with Crippen molar-refractivity contribution in [1.82, 2.24) is 5.32 Å². The van der Waals surface area contributed by atoms with Crippen LogP contribution in [-0.4, -0.2) is 35.6 Å². The van der Waals surface area contributed by atoms with Gasteiger partial charge in [-0.25, -0.2) is 0 Å². The lowest BCUT2D eigenvalue weighted by atomic mass is 9.95. The maximum absolute atomic E-state index is 3.67. The Morgan fingerprint density at radius 3 is 2.50 bits per heavy atom. The van der Waals surface area contributed by atoms with E-state index in [9.17, 15) is 0 Å². The topological polar surface area (TPSA) is 12.0 Å². The van der Waals surface area contributed by atoms with E-state index in [0.717, 1.165) is 11.3 Å². The fourth-order valence-electron chi connectivity index (χ4n) is 1.98. The van der Waals surface area contributed by atoms with Crippen LogP contribution in [-0.2, 0) is 0 Å². The molecule has 0 aromatic heterocycles. The van der Waals surface area contributed by atoms with Crippen LogP contribution in [0, 0.1) is 0 Å².